The molecule has 2 rings (SSSR count). The van der Waals surface area contributed by atoms with Crippen LogP contribution in [0, 0.1) is 6.92 Å². The summed E-state index contributed by atoms with van der Waals surface area (Å²) in [4.78, 5) is 27.7. The summed E-state index contributed by atoms with van der Waals surface area (Å²) in [5.74, 6) is -0.293. The van der Waals surface area contributed by atoms with Gasteiger partial charge in [0.15, 0.2) is 11.5 Å². The number of carboxylic acid groups (broad SMARTS) is 1. The zero-order valence-corrected chi connectivity index (χ0v) is 15.0. The van der Waals surface area contributed by atoms with Crippen LogP contribution in [0.1, 0.15) is 29.3 Å². The lowest BCUT2D eigenvalue weighted by molar-refractivity contribution is -0.137. The van der Waals surface area contributed by atoms with Crippen molar-refractivity contribution in [2.24, 2.45) is 0 Å². The minimum Gasteiger partial charge on any atom is -0.493 e. The molecule has 0 saturated carbocycles. The number of aryl methyl sites for hydroxylation is 1. The van der Waals surface area contributed by atoms with E-state index in [1.165, 1.54) is 14.2 Å². The molecule has 0 radical (unpaired) electrons. The third kappa shape index (κ3) is 5.20. The SMILES string of the molecule is COc1ccc(C(CC(=O)O)NC(=O)Cc2ccc(C)nc2)cc1OC. The summed E-state index contributed by atoms with van der Waals surface area (Å²) in [7, 11) is 3.01. The van der Waals surface area contributed by atoms with Crippen LogP contribution >= 0.6 is 0 Å². The maximum Gasteiger partial charge on any atom is 0.305 e. The molecule has 2 aromatic rings. The molecule has 0 aliphatic rings. The molecule has 1 unspecified atom stereocenters. The summed E-state index contributed by atoms with van der Waals surface area (Å²) < 4.78 is 10.4. The van der Waals surface area contributed by atoms with Crippen LogP contribution in [0.15, 0.2) is 36.5 Å². The molecule has 0 saturated heterocycles. The number of benzene rings is 1. The van der Waals surface area contributed by atoms with Crippen molar-refractivity contribution in [3.05, 3.63) is 53.3 Å². The number of hydrogen-bond donors (Lipinski definition) is 2. The average Bonchev–Trinajstić information content (AvgIpc) is 2.62. The van der Waals surface area contributed by atoms with Gasteiger partial charge in [0.2, 0.25) is 5.91 Å². The van der Waals surface area contributed by atoms with Crippen molar-refractivity contribution in [1.29, 1.82) is 0 Å². The fraction of sp³-hybridized carbons (Fsp3) is 0.316. The predicted molar refractivity (Wildman–Crippen MR) is 95.4 cm³/mol. The van der Waals surface area contributed by atoms with Crippen LogP contribution in [-0.2, 0) is 16.0 Å². The first-order chi connectivity index (χ1) is 12.4. The van der Waals surface area contributed by atoms with Gasteiger partial charge < -0.3 is 19.9 Å². The zero-order chi connectivity index (χ0) is 19.1. The molecule has 1 amide bonds. The van der Waals surface area contributed by atoms with Gasteiger partial charge in [0.1, 0.15) is 0 Å². The Labute approximate surface area is 152 Å². The van der Waals surface area contributed by atoms with Gasteiger partial charge in [0, 0.05) is 11.9 Å². The molecule has 1 atom stereocenters. The second kappa shape index (κ2) is 8.84. The molecule has 0 spiro atoms. The van der Waals surface area contributed by atoms with Crippen LogP contribution in [0.2, 0.25) is 0 Å². The number of nitrogens with zero attached hydrogens (tertiary/aromatic N) is 1. The summed E-state index contributed by atoms with van der Waals surface area (Å²) >= 11 is 0. The third-order valence-corrected chi connectivity index (χ3v) is 3.86. The lowest BCUT2D eigenvalue weighted by Crippen LogP contribution is -2.31. The molecule has 1 aromatic heterocycles. The van der Waals surface area contributed by atoms with Crippen molar-refractivity contribution in [2.75, 3.05) is 14.2 Å². The number of amides is 1. The fourth-order valence-electron chi connectivity index (χ4n) is 2.53. The highest BCUT2D eigenvalue weighted by Crippen LogP contribution is 2.31. The van der Waals surface area contributed by atoms with Gasteiger partial charge in [0.25, 0.3) is 0 Å². The van der Waals surface area contributed by atoms with Gasteiger partial charge in [-0.25, -0.2) is 0 Å². The van der Waals surface area contributed by atoms with Crippen molar-refractivity contribution in [2.45, 2.75) is 25.8 Å². The van der Waals surface area contributed by atoms with Crippen molar-refractivity contribution < 1.29 is 24.2 Å². The number of carbonyl (C=O) groups is 2. The monoisotopic (exact) mass is 358 g/mol. The largest absolute Gasteiger partial charge is 0.493 e. The summed E-state index contributed by atoms with van der Waals surface area (Å²) in [5.41, 5.74) is 2.25. The molecule has 138 valence electrons. The molecule has 26 heavy (non-hydrogen) atoms. The van der Waals surface area contributed by atoms with Gasteiger partial charge in [-0.1, -0.05) is 12.1 Å². The van der Waals surface area contributed by atoms with Gasteiger partial charge >= 0.3 is 5.97 Å². The van der Waals surface area contributed by atoms with E-state index >= 15 is 0 Å². The van der Waals surface area contributed by atoms with E-state index in [-0.39, 0.29) is 18.7 Å². The first-order valence-electron chi connectivity index (χ1n) is 8.07. The van der Waals surface area contributed by atoms with Crippen molar-refractivity contribution in [3.63, 3.8) is 0 Å². The number of carboxylic acids is 1. The lowest BCUT2D eigenvalue weighted by Gasteiger charge is -2.19. The number of aromatic nitrogens is 1. The fourth-order valence-corrected chi connectivity index (χ4v) is 2.53. The van der Waals surface area contributed by atoms with Crippen LogP contribution in [0.4, 0.5) is 0 Å². The van der Waals surface area contributed by atoms with Gasteiger partial charge in [-0.05, 0) is 36.2 Å². The maximum atomic E-state index is 12.4. The van der Waals surface area contributed by atoms with Crippen molar-refractivity contribution in [3.8, 4) is 11.5 Å². The van der Waals surface area contributed by atoms with Gasteiger partial charge in [-0.3, -0.25) is 14.6 Å². The van der Waals surface area contributed by atoms with E-state index < -0.39 is 12.0 Å². The first kappa shape index (κ1) is 19.2. The van der Waals surface area contributed by atoms with Gasteiger partial charge in [-0.15, -0.1) is 0 Å². The number of hydrogen-bond acceptors (Lipinski definition) is 5. The van der Waals surface area contributed by atoms with Crippen molar-refractivity contribution in [1.82, 2.24) is 10.3 Å². The summed E-state index contributed by atoms with van der Waals surface area (Å²) in [6.07, 6.45) is 1.52. The predicted octanol–water partition coefficient (Wildman–Crippen LogP) is 2.28. The maximum absolute atomic E-state index is 12.4. The Morgan fingerprint density at radius 3 is 2.46 bits per heavy atom. The van der Waals surface area contributed by atoms with E-state index in [1.54, 1.807) is 24.4 Å². The number of rotatable bonds is 8. The molecule has 7 nitrogen and oxygen atoms in total. The van der Waals surface area contributed by atoms with Crippen LogP contribution in [0.3, 0.4) is 0 Å². The number of aliphatic carboxylic acids is 1. The average molecular weight is 358 g/mol. The number of ether oxygens (including phenoxy) is 2. The van der Waals surface area contributed by atoms with E-state index in [4.69, 9.17) is 9.47 Å². The normalized spacial score (nSPS) is 11.5. The number of nitrogens with one attached hydrogen (secondary N) is 1. The molecule has 1 heterocycles. The molecule has 0 fully saturated rings. The minimum absolute atomic E-state index is 0.122. The van der Waals surface area contributed by atoms with E-state index in [1.807, 2.05) is 19.1 Å². The number of carbonyl (C=O) groups excluding carboxylic acids is 1. The quantitative estimate of drug-likeness (QED) is 0.751. The summed E-state index contributed by atoms with van der Waals surface area (Å²) in [5, 5.41) is 12.0. The Bertz CT molecular complexity index is 774. The van der Waals surface area contributed by atoms with E-state index in [9.17, 15) is 14.7 Å². The second-order valence-corrected chi connectivity index (χ2v) is 5.82. The van der Waals surface area contributed by atoms with E-state index in [0.717, 1.165) is 11.3 Å². The minimum atomic E-state index is -1.01. The third-order valence-electron chi connectivity index (χ3n) is 3.86. The molecule has 0 bridgehead atoms. The molecule has 0 aliphatic heterocycles. The zero-order valence-electron chi connectivity index (χ0n) is 15.0. The Morgan fingerprint density at radius 2 is 1.88 bits per heavy atom. The number of pyridine rings is 1. The molecule has 7 heteroatoms. The highest BCUT2D eigenvalue weighted by molar-refractivity contribution is 5.80. The molecule has 2 N–H and O–H groups in total. The smallest absolute Gasteiger partial charge is 0.305 e. The van der Waals surface area contributed by atoms with Crippen LogP contribution in [0.25, 0.3) is 0 Å². The molecule has 0 aliphatic carbocycles. The first-order valence-corrected chi connectivity index (χ1v) is 8.07. The van der Waals surface area contributed by atoms with E-state index in [2.05, 4.69) is 10.3 Å². The Hall–Kier alpha value is -3.09. The lowest BCUT2D eigenvalue weighted by atomic mass is 10.0. The Kier molecular flexibility index (Phi) is 6.54. The summed E-state index contributed by atoms with van der Waals surface area (Å²) in [6, 6.07) is 8.02. The van der Waals surface area contributed by atoms with Crippen LogP contribution in [-0.4, -0.2) is 36.2 Å². The molecule has 1 aromatic carbocycles. The standard InChI is InChI=1S/C19H22N2O5/c1-12-4-5-13(11-20-12)8-18(22)21-15(10-19(23)24)14-6-7-16(25-2)17(9-14)26-3/h4-7,9,11,15H,8,10H2,1-3H3,(H,21,22)(H,23,24). The molecular formula is C19H22N2O5. The second-order valence-electron chi connectivity index (χ2n) is 5.82. The van der Waals surface area contributed by atoms with Crippen LogP contribution < -0.4 is 14.8 Å². The highest BCUT2D eigenvalue weighted by Gasteiger charge is 2.20. The highest BCUT2D eigenvalue weighted by atomic mass is 16.5. The Balaban J connectivity index is 2.17. The topological polar surface area (TPSA) is 97.8 Å². The number of methoxy groups -OCH3 is 2. The van der Waals surface area contributed by atoms with Crippen molar-refractivity contribution >= 4 is 11.9 Å². The van der Waals surface area contributed by atoms with Crippen LogP contribution in [0.5, 0.6) is 11.5 Å². The molecular weight excluding hydrogens is 336 g/mol. The van der Waals surface area contributed by atoms with E-state index in [0.29, 0.717) is 17.1 Å². The van der Waals surface area contributed by atoms with Gasteiger partial charge in [-0.2, -0.15) is 0 Å². The van der Waals surface area contributed by atoms with Gasteiger partial charge in [0.05, 0.1) is 33.1 Å². The Morgan fingerprint density at radius 1 is 1.15 bits per heavy atom. The summed E-state index contributed by atoms with van der Waals surface area (Å²) in [6.45, 7) is 1.86.